The van der Waals surface area contributed by atoms with E-state index in [0.29, 0.717) is 34.8 Å². The van der Waals surface area contributed by atoms with Crippen molar-refractivity contribution in [3.05, 3.63) is 95.4 Å². The first kappa shape index (κ1) is 20.6. The van der Waals surface area contributed by atoms with Crippen molar-refractivity contribution in [1.29, 1.82) is 5.26 Å². The van der Waals surface area contributed by atoms with Crippen LogP contribution in [0.25, 0.3) is 5.65 Å². The molecule has 0 fully saturated rings. The molecule has 0 saturated heterocycles. The van der Waals surface area contributed by atoms with Crippen LogP contribution in [0.2, 0.25) is 0 Å². The van der Waals surface area contributed by atoms with E-state index < -0.39 is 0 Å². The molecule has 0 spiro atoms. The van der Waals surface area contributed by atoms with Gasteiger partial charge in [0.2, 0.25) is 0 Å². The summed E-state index contributed by atoms with van der Waals surface area (Å²) in [4.78, 5) is 29.2. The summed E-state index contributed by atoms with van der Waals surface area (Å²) in [5, 5.41) is 17.5. The Bertz CT molecular complexity index is 1340. The molecule has 0 saturated carbocycles. The molecule has 4 rings (SSSR count). The fraction of sp³-hybridized carbons (Fsp3) is 0.0833. The molecule has 8 nitrogen and oxygen atoms in total. The number of benzene rings is 2. The number of fused-ring (bicyclic) bond motifs is 1. The molecule has 3 N–H and O–H groups in total. The maximum Gasteiger partial charge on any atom is 0.319 e. The minimum absolute atomic E-state index is 0.300. The zero-order chi connectivity index (χ0) is 22.5. The van der Waals surface area contributed by atoms with Crippen molar-refractivity contribution >= 4 is 29.0 Å². The normalized spacial score (nSPS) is 10.4. The maximum atomic E-state index is 12.9. The summed E-state index contributed by atoms with van der Waals surface area (Å²) in [6.45, 7) is 2.19. The van der Waals surface area contributed by atoms with Gasteiger partial charge in [-0.3, -0.25) is 9.20 Å². The Balaban J connectivity index is 1.44. The zero-order valence-electron chi connectivity index (χ0n) is 17.3. The predicted octanol–water partition coefficient (Wildman–Crippen LogP) is 4.09. The van der Waals surface area contributed by atoms with Crippen molar-refractivity contribution in [1.82, 2.24) is 14.7 Å². The van der Waals surface area contributed by atoms with E-state index in [1.54, 1.807) is 34.9 Å². The molecule has 3 amide bonds. The van der Waals surface area contributed by atoms with E-state index in [-0.39, 0.29) is 11.9 Å². The number of urea groups is 1. The number of hydrogen-bond acceptors (Lipinski definition) is 4. The van der Waals surface area contributed by atoms with Gasteiger partial charge >= 0.3 is 6.03 Å². The number of amides is 3. The number of anilines is 2. The highest BCUT2D eigenvalue weighted by Crippen LogP contribution is 2.19. The monoisotopic (exact) mass is 424 g/mol. The van der Waals surface area contributed by atoms with Crippen LogP contribution in [0.15, 0.2) is 73.1 Å². The molecule has 32 heavy (non-hydrogen) atoms. The van der Waals surface area contributed by atoms with Crippen LogP contribution in [0.3, 0.4) is 0 Å². The SMILES string of the molecule is Cc1ccc(CNC(=O)Nc2ccccc2)cc1NC(=O)c1cnc2cc(C#N)ccn12. The Labute approximate surface area is 184 Å². The number of hydrogen-bond donors (Lipinski definition) is 3. The lowest BCUT2D eigenvalue weighted by atomic mass is 10.1. The first-order valence-corrected chi connectivity index (χ1v) is 9.91. The lowest BCUT2D eigenvalue weighted by molar-refractivity contribution is 0.102. The van der Waals surface area contributed by atoms with E-state index in [4.69, 9.17) is 5.26 Å². The molecule has 0 unspecified atom stereocenters. The van der Waals surface area contributed by atoms with Crippen LogP contribution >= 0.6 is 0 Å². The standard InChI is InChI=1S/C24H20N6O2/c1-16-7-8-18(14-27-24(32)28-19-5-3-2-4-6-19)11-20(16)29-23(31)21-15-26-22-12-17(13-25)9-10-30(21)22/h2-12,15H,14H2,1H3,(H,29,31)(H2,27,28,32). The minimum atomic E-state index is -0.322. The quantitative estimate of drug-likeness (QED) is 0.448. The molecule has 0 aliphatic rings. The number of aryl methyl sites for hydroxylation is 1. The summed E-state index contributed by atoms with van der Waals surface area (Å²) in [6, 6.07) is 19.8. The second kappa shape index (κ2) is 9.02. The molecule has 2 aromatic heterocycles. The molecule has 0 bridgehead atoms. The van der Waals surface area contributed by atoms with Crippen molar-refractivity contribution in [2.75, 3.05) is 10.6 Å². The number of carbonyl (C=O) groups is 2. The third-order valence-electron chi connectivity index (χ3n) is 4.91. The topological polar surface area (TPSA) is 111 Å². The van der Waals surface area contributed by atoms with E-state index in [2.05, 4.69) is 27.0 Å². The Morgan fingerprint density at radius 1 is 1.06 bits per heavy atom. The minimum Gasteiger partial charge on any atom is -0.334 e. The van der Waals surface area contributed by atoms with E-state index >= 15 is 0 Å². The Morgan fingerprint density at radius 2 is 1.88 bits per heavy atom. The van der Waals surface area contributed by atoms with Crippen LogP contribution in [0.1, 0.15) is 27.2 Å². The van der Waals surface area contributed by atoms with Gasteiger partial charge in [-0.05, 0) is 48.4 Å². The molecule has 2 aromatic carbocycles. The predicted molar refractivity (Wildman–Crippen MR) is 121 cm³/mol. The first-order valence-electron chi connectivity index (χ1n) is 9.91. The second-order valence-electron chi connectivity index (χ2n) is 7.18. The molecule has 8 heteroatoms. The molecule has 0 radical (unpaired) electrons. The van der Waals surface area contributed by atoms with E-state index in [1.807, 2.05) is 43.3 Å². The van der Waals surface area contributed by atoms with Gasteiger partial charge in [0.25, 0.3) is 5.91 Å². The van der Waals surface area contributed by atoms with Crippen LogP contribution in [-0.4, -0.2) is 21.3 Å². The Morgan fingerprint density at radius 3 is 2.66 bits per heavy atom. The first-order chi connectivity index (χ1) is 15.5. The van der Waals surface area contributed by atoms with Gasteiger partial charge in [0.15, 0.2) is 0 Å². The van der Waals surface area contributed by atoms with Gasteiger partial charge in [0.1, 0.15) is 11.3 Å². The smallest absolute Gasteiger partial charge is 0.319 e. The van der Waals surface area contributed by atoms with Gasteiger partial charge in [-0.1, -0.05) is 30.3 Å². The largest absolute Gasteiger partial charge is 0.334 e. The van der Waals surface area contributed by atoms with Crippen LogP contribution in [0.5, 0.6) is 0 Å². The summed E-state index contributed by atoms with van der Waals surface area (Å²) >= 11 is 0. The number of carbonyl (C=O) groups excluding carboxylic acids is 2. The summed E-state index contributed by atoms with van der Waals surface area (Å²) in [6.07, 6.45) is 3.12. The third-order valence-corrected chi connectivity index (χ3v) is 4.91. The van der Waals surface area contributed by atoms with Gasteiger partial charge in [0, 0.05) is 24.1 Å². The number of nitriles is 1. The van der Waals surface area contributed by atoms with E-state index in [0.717, 1.165) is 11.1 Å². The number of aromatic nitrogens is 2. The van der Waals surface area contributed by atoms with Gasteiger partial charge in [0.05, 0.1) is 17.8 Å². The number of nitrogens with one attached hydrogen (secondary N) is 3. The molecule has 0 aliphatic carbocycles. The maximum absolute atomic E-state index is 12.9. The summed E-state index contributed by atoms with van der Waals surface area (Å²) in [7, 11) is 0. The fourth-order valence-corrected chi connectivity index (χ4v) is 3.20. The molecule has 4 aromatic rings. The highest BCUT2D eigenvalue weighted by molar-refractivity contribution is 6.04. The number of rotatable bonds is 5. The average Bonchev–Trinajstić information content (AvgIpc) is 3.23. The highest BCUT2D eigenvalue weighted by atomic mass is 16.2. The third kappa shape index (κ3) is 4.57. The van der Waals surface area contributed by atoms with Crippen LogP contribution in [0, 0.1) is 18.3 Å². The van der Waals surface area contributed by atoms with Crippen LogP contribution in [-0.2, 0) is 6.54 Å². The Kier molecular flexibility index (Phi) is 5.81. The average molecular weight is 424 g/mol. The van der Waals surface area contributed by atoms with E-state index in [9.17, 15) is 9.59 Å². The van der Waals surface area contributed by atoms with Gasteiger partial charge in [-0.15, -0.1) is 0 Å². The summed E-state index contributed by atoms with van der Waals surface area (Å²) in [5.74, 6) is -0.322. The van der Waals surface area contributed by atoms with Crippen molar-refractivity contribution in [2.24, 2.45) is 0 Å². The van der Waals surface area contributed by atoms with Crippen molar-refractivity contribution in [3.63, 3.8) is 0 Å². The molecule has 0 atom stereocenters. The highest BCUT2D eigenvalue weighted by Gasteiger charge is 2.14. The molecule has 2 heterocycles. The zero-order valence-corrected chi connectivity index (χ0v) is 17.3. The number of imidazole rings is 1. The second-order valence-corrected chi connectivity index (χ2v) is 7.18. The van der Waals surface area contributed by atoms with Gasteiger partial charge in [-0.25, -0.2) is 9.78 Å². The van der Waals surface area contributed by atoms with Crippen LogP contribution < -0.4 is 16.0 Å². The lowest BCUT2D eigenvalue weighted by Gasteiger charge is -2.12. The number of pyridine rings is 1. The van der Waals surface area contributed by atoms with Crippen molar-refractivity contribution in [3.8, 4) is 6.07 Å². The fourth-order valence-electron chi connectivity index (χ4n) is 3.20. The van der Waals surface area contributed by atoms with Crippen LogP contribution in [0.4, 0.5) is 16.2 Å². The lowest BCUT2D eigenvalue weighted by Crippen LogP contribution is -2.28. The molecule has 158 valence electrons. The van der Waals surface area contributed by atoms with E-state index in [1.165, 1.54) is 6.20 Å². The number of para-hydroxylation sites is 1. The summed E-state index contributed by atoms with van der Waals surface area (Å²) < 4.78 is 1.63. The number of nitrogens with zero attached hydrogens (tertiary/aromatic N) is 3. The van der Waals surface area contributed by atoms with Crippen molar-refractivity contribution in [2.45, 2.75) is 13.5 Å². The van der Waals surface area contributed by atoms with Gasteiger partial charge in [-0.2, -0.15) is 5.26 Å². The molecular weight excluding hydrogens is 404 g/mol. The molecule has 0 aliphatic heterocycles. The Hall–Kier alpha value is -4.64. The molecular formula is C24H20N6O2. The van der Waals surface area contributed by atoms with Gasteiger partial charge < -0.3 is 16.0 Å². The van der Waals surface area contributed by atoms with Crippen molar-refractivity contribution < 1.29 is 9.59 Å². The summed E-state index contributed by atoms with van der Waals surface area (Å²) in [5.41, 5.74) is 4.42.